The molecular formula is C12H18FNO. The first-order valence-corrected chi connectivity index (χ1v) is 5.23. The Balaban J connectivity index is 2.69. The first-order valence-electron chi connectivity index (χ1n) is 5.23. The lowest BCUT2D eigenvalue weighted by Gasteiger charge is -2.25. The van der Waals surface area contributed by atoms with Crippen molar-refractivity contribution in [1.29, 1.82) is 0 Å². The molecule has 84 valence electrons. The minimum Gasteiger partial charge on any atom is -0.395 e. The smallest absolute Gasteiger partial charge is 0.127 e. The second-order valence-corrected chi connectivity index (χ2v) is 3.88. The predicted molar refractivity (Wildman–Crippen MR) is 59.0 cm³/mol. The number of aliphatic hydroxyl groups excluding tert-OH is 1. The van der Waals surface area contributed by atoms with E-state index in [0.717, 1.165) is 0 Å². The average Bonchev–Trinajstić information content (AvgIpc) is 2.20. The maximum atomic E-state index is 13.4. The number of halogens is 1. The first kappa shape index (κ1) is 12.1. The molecule has 0 aliphatic rings. The van der Waals surface area contributed by atoms with Crippen LogP contribution < -0.4 is 0 Å². The van der Waals surface area contributed by atoms with Crippen molar-refractivity contribution < 1.29 is 9.50 Å². The summed E-state index contributed by atoms with van der Waals surface area (Å²) < 4.78 is 13.4. The highest BCUT2D eigenvalue weighted by atomic mass is 19.1. The maximum Gasteiger partial charge on any atom is 0.127 e. The largest absolute Gasteiger partial charge is 0.395 e. The fraction of sp³-hybridized carbons (Fsp3) is 0.500. The first-order chi connectivity index (χ1) is 7.15. The zero-order chi connectivity index (χ0) is 11.3. The summed E-state index contributed by atoms with van der Waals surface area (Å²) in [5, 5.41) is 8.90. The zero-order valence-electron chi connectivity index (χ0n) is 9.28. The normalized spacial score (nSPS) is 11.3. The minimum absolute atomic E-state index is 0.104. The molecule has 0 unspecified atom stereocenters. The molecule has 0 fully saturated rings. The summed E-state index contributed by atoms with van der Waals surface area (Å²) in [7, 11) is 0. The summed E-state index contributed by atoms with van der Waals surface area (Å²) in [6, 6.07) is 7.06. The number of aliphatic hydroxyl groups is 1. The molecule has 0 radical (unpaired) electrons. The van der Waals surface area contributed by atoms with Crippen LogP contribution in [0.2, 0.25) is 0 Å². The number of hydrogen-bond donors (Lipinski definition) is 1. The number of hydrogen-bond acceptors (Lipinski definition) is 2. The summed E-state index contributed by atoms with van der Waals surface area (Å²) in [6.07, 6.45) is 0. The van der Waals surface area contributed by atoms with E-state index < -0.39 is 0 Å². The molecule has 1 N–H and O–H groups in total. The highest BCUT2D eigenvalue weighted by molar-refractivity contribution is 5.17. The summed E-state index contributed by atoms with van der Waals surface area (Å²) in [6.45, 7) is 5.30. The van der Waals surface area contributed by atoms with E-state index in [1.165, 1.54) is 6.07 Å². The molecule has 0 atom stereocenters. The van der Waals surface area contributed by atoms with Crippen LogP contribution in [0, 0.1) is 5.82 Å². The molecule has 0 aromatic heterocycles. The standard InChI is InChI=1S/C12H18FNO/c1-10(2)14(7-8-15)9-11-5-3-4-6-12(11)13/h3-6,10,15H,7-9H2,1-2H3. The van der Waals surface area contributed by atoms with Gasteiger partial charge in [0.05, 0.1) is 6.61 Å². The van der Waals surface area contributed by atoms with Crippen molar-refractivity contribution in [3.8, 4) is 0 Å². The molecular weight excluding hydrogens is 193 g/mol. The van der Waals surface area contributed by atoms with E-state index in [-0.39, 0.29) is 12.4 Å². The van der Waals surface area contributed by atoms with Crippen molar-refractivity contribution in [2.45, 2.75) is 26.4 Å². The molecule has 1 rings (SSSR count). The lowest BCUT2D eigenvalue weighted by atomic mass is 10.2. The van der Waals surface area contributed by atoms with Gasteiger partial charge in [0, 0.05) is 24.7 Å². The van der Waals surface area contributed by atoms with Crippen molar-refractivity contribution in [3.05, 3.63) is 35.6 Å². The Bertz CT molecular complexity index is 301. The van der Waals surface area contributed by atoms with Crippen LogP contribution >= 0.6 is 0 Å². The second-order valence-electron chi connectivity index (χ2n) is 3.88. The number of rotatable bonds is 5. The van der Waals surface area contributed by atoms with E-state index in [4.69, 9.17) is 5.11 Å². The molecule has 0 aliphatic carbocycles. The van der Waals surface area contributed by atoms with Crippen molar-refractivity contribution in [1.82, 2.24) is 4.90 Å². The molecule has 0 aliphatic heterocycles. The van der Waals surface area contributed by atoms with E-state index >= 15 is 0 Å². The molecule has 0 amide bonds. The Labute approximate surface area is 90.3 Å². The fourth-order valence-corrected chi connectivity index (χ4v) is 1.49. The molecule has 0 heterocycles. The number of benzene rings is 1. The van der Waals surface area contributed by atoms with E-state index in [1.807, 2.05) is 24.8 Å². The topological polar surface area (TPSA) is 23.5 Å². The van der Waals surface area contributed by atoms with Gasteiger partial charge in [-0.2, -0.15) is 0 Å². The van der Waals surface area contributed by atoms with Gasteiger partial charge in [-0.3, -0.25) is 4.90 Å². The van der Waals surface area contributed by atoms with Gasteiger partial charge in [-0.25, -0.2) is 4.39 Å². The van der Waals surface area contributed by atoms with Crippen LogP contribution in [0.4, 0.5) is 4.39 Å². The zero-order valence-corrected chi connectivity index (χ0v) is 9.28. The van der Waals surface area contributed by atoms with Gasteiger partial charge in [0.1, 0.15) is 5.82 Å². The molecule has 3 heteroatoms. The fourth-order valence-electron chi connectivity index (χ4n) is 1.49. The summed E-state index contributed by atoms with van der Waals surface area (Å²) in [5.41, 5.74) is 0.680. The minimum atomic E-state index is -0.180. The Hall–Kier alpha value is -0.930. The van der Waals surface area contributed by atoms with Gasteiger partial charge in [-0.05, 0) is 19.9 Å². The van der Waals surface area contributed by atoms with Gasteiger partial charge in [-0.1, -0.05) is 18.2 Å². The van der Waals surface area contributed by atoms with Crippen molar-refractivity contribution >= 4 is 0 Å². The van der Waals surface area contributed by atoms with Crippen LogP contribution in [0.5, 0.6) is 0 Å². The Morgan fingerprint density at radius 3 is 2.53 bits per heavy atom. The highest BCUT2D eigenvalue weighted by Gasteiger charge is 2.11. The van der Waals surface area contributed by atoms with Crippen molar-refractivity contribution in [2.24, 2.45) is 0 Å². The maximum absolute atomic E-state index is 13.4. The third kappa shape index (κ3) is 3.61. The van der Waals surface area contributed by atoms with E-state index in [1.54, 1.807) is 12.1 Å². The van der Waals surface area contributed by atoms with E-state index in [0.29, 0.717) is 24.7 Å². The lowest BCUT2D eigenvalue weighted by molar-refractivity contribution is 0.158. The van der Waals surface area contributed by atoms with Crippen LogP contribution in [0.25, 0.3) is 0 Å². The molecule has 15 heavy (non-hydrogen) atoms. The molecule has 2 nitrogen and oxygen atoms in total. The Morgan fingerprint density at radius 2 is 2.00 bits per heavy atom. The summed E-state index contributed by atoms with van der Waals surface area (Å²) in [4.78, 5) is 2.04. The van der Waals surface area contributed by atoms with Gasteiger partial charge < -0.3 is 5.11 Å². The van der Waals surface area contributed by atoms with Crippen LogP contribution in [-0.4, -0.2) is 29.2 Å². The summed E-state index contributed by atoms with van der Waals surface area (Å²) >= 11 is 0. The van der Waals surface area contributed by atoms with E-state index in [2.05, 4.69) is 0 Å². The third-order valence-electron chi connectivity index (χ3n) is 2.45. The van der Waals surface area contributed by atoms with E-state index in [9.17, 15) is 4.39 Å². The highest BCUT2D eigenvalue weighted by Crippen LogP contribution is 2.11. The quantitative estimate of drug-likeness (QED) is 0.805. The van der Waals surface area contributed by atoms with Gasteiger partial charge >= 0.3 is 0 Å². The average molecular weight is 211 g/mol. The van der Waals surface area contributed by atoms with Crippen molar-refractivity contribution in [2.75, 3.05) is 13.2 Å². The molecule has 1 aromatic carbocycles. The van der Waals surface area contributed by atoms with Crippen LogP contribution in [0.3, 0.4) is 0 Å². The van der Waals surface area contributed by atoms with Gasteiger partial charge in [0.15, 0.2) is 0 Å². The van der Waals surface area contributed by atoms with Crippen LogP contribution in [-0.2, 0) is 6.54 Å². The molecule has 1 aromatic rings. The predicted octanol–water partition coefficient (Wildman–Crippen LogP) is 2.03. The van der Waals surface area contributed by atoms with Gasteiger partial charge in [-0.15, -0.1) is 0 Å². The summed E-state index contributed by atoms with van der Waals surface area (Å²) in [5.74, 6) is -0.180. The molecule has 0 saturated heterocycles. The SMILES string of the molecule is CC(C)N(CCO)Cc1ccccc1F. The lowest BCUT2D eigenvalue weighted by Crippen LogP contribution is -2.33. The van der Waals surface area contributed by atoms with Gasteiger partial charge in [0.25, 0.3) is 0 Å². The number of nitrogens with zero attached hydrogens (tertiary/aromatic N) is 1. The third-order valence-corrected chi connectivity index (χ3v) is 2.45. The van der Waals surface area contributed by atoms with Crippen LogP contribution in [0.15, 0.2) is 24.3 Å². The second kappa shape index (κ2) is 5.83. The molecule has 0 spiro atoms. The monoisotopic (exact) mass is 211 g/mol. The van der Waals surface area contributed by atoms with Crippen molar-refractivity contribution in [3.63, 3.8) is 0 Å². The van der Waals surface area contributed by atoms with Gasteiger partial charge in [0.2, 0.25) is 0 Å². The molecule has 0 bridgehead atoms. The Kier molecular flexibility index (Phi) is 4.72. The molecule has 0 saturated carbocycles. The Morgan fingerprint density at radius 1 is 1.33 bits per heavy atom. The van der Waals surface area contributed by atoms with Crippen LogP contribution in [0.1, 0.15) is 19.4 Å².